The summed E-state index contributed by atoms with van der Waals surface area (Å²) in [5, 5.41) is 23.7. The monoisotopic (exact) mass is 415 g/mol. The van der Waals surface area contributed by atoms with E-state index in [1.54, 1.807) is 29.1 Å². The molecule has 1 aromatic carbocycles. The largest absolute Gasteiger partial charge is 0.479 e. The van der Waals surface area contributed by atoms with E-state index in [0.717, 1.165) is 11.1 Å². The number of rotatable bonds is 6. The minimum atomic E-state index is -1.03. The number of methoxy groups -OCH3 is 1. The number of aliphatic hydroxyl groups excluding tert-OH is 1. The van der Waals surface area contributed by atoms with Gasteiger partial charge in [0.2, 0.25) is 18.1 Å². The first-order chi connectivity index (χ1) is 14.1. The average molecular weight is 416 g/mol. The second-order valence-electron chi connectivity index (χ2n) is 6.16. The summed E-state index contributed by atoms with van der Waals surface area (Å²) in [7, 11) is 1.52. The first kappa shape index (κ1) is 19.0. The number of halogens is 1. The van der Waals surface area contributed by atoms with E-state index in [1.807, 2.05) is 25.1 Å². The predicted octanol–water partition coefficient (Wildman–Crippen LogP) is 2.78. The molecule has 3 aromatic rings. The number of ether oxygens (including phenoxy) is 2. The van der Waals surface area contributed by atoms with Crippen LogP contribution in [0.25, 0.3) is 5.69 Å². The molecule has 0 amide bonds. The second kappa shape index (κ2) is 7.94. The first-order valence-corrected chi connectivity index (χ1v) is 9.06. The Morgan fingerprint density at radius 2 is 2.07 bits per heavy atom. The van der Waals surface area contributed by atoms with Gasteiger partial charge in [0.25, 0.3) is 0 Å². The number of anilines is 1. The highest BCUT2D eigenvalue weighted by molar-refractivity contribution is 6.29. The molecule has 3 heterocycles. The second-order valence-corrected chi connectivity index (χ2v) is 6.55. The molecule has 0 saturated heterocycles. The molecule has 29 heavy (non-hydrogen) atoms. The van der Waals surface area contributed by atoms with E-state index in [0.29, 0.717) is 28.3 Å². The first-order valence-electron chi connectivity index (χ1n) is 8.68. The van der Waals surface area contributed by atoms with Gasteiger partial charge in [-0.15, -0.1) is 5.10 Å². The molecule has 0 aliphatic carbocycles. The third-order valence-corrected chi connectivity index (χ3v) is 4.56. The Morgan fingerprint density at radius 1 is 1.21 bits per heavy atom. The molecule has 1 unspecified atom stereocenters. The van der Waals surface area contributed by atoms with Crippen molar-refractivity contribution in [2.45, 2.75) is 19.9 Å². The summed E-state index contributed by atoms with van der Waals surface area (Å²) >= 11 is 5.91. The maximum atomic E-state index is 9.98. The molecule has 4 rings (SSSR count). The number of nitrogens with one attached hydrogen (secondary N) is 1. The Labute approximate surface area is 171 Å². The topological polar surface area (TPSA) is 109 Å². The van der Waals surface area contributed by atoms with Gasteiger partial charge >= 0.3 is 0 Å². The zero-order chi connectivity index (χ0) is 20.4. The summed E-state index contributed by atoms with van der Waals surface area (Å²) in [5.41, 5.74) is 5.65. The van der Waals surface area contributed by atoms with Gasteiger partial charge in [-0.05, 0) is 35.9 Å². The van der Waals surface area contributed by atoms with Crippen molar-refractivity contribution in [1.29, 1.82) is 0 Å². The molecular weight excluding hydrogens is 398 g/mol. The minimum absolute atomic E-state index is 0.230. The SMILES string of the molecule is COc1nc(Cl)ccc1-n1ccc(OCc2c(C)cccc2N2N=NNC2O)n1. The normalized spacial score (nSPS) is 15.4. The smallest absolute Gasteiger partial charge is 0.243 e. The van der Waals surface area contributed by atoms with E-state index in [-0.39, 0.29) is 6.61 Å². The highest BCUT2D eigenvalue weighted by Gasteiger charge is 2.24. The van der Waals surface area contributed by atoms with Gasteiger partial charge in [-0.2, -0.15) is 9.99 Å². The van der Waals surface area contributed by atoms with Crippen LogP contribution >= 0.6 is 11.6 Å². The fourth-order valence-corrected chi connectivity index (χ4v) is 3.04. The van der Waals surface area contributed by atoms with Crippen molar-refractivity contribution in [2.24, 2.45) is 10.4 Å². The number of nitrogens with zero attached hydrogens (tertiary/aromatic N) is 6. The van der Waals surface area contributed by atoms with Crippen LogP contribution in [-0.2, 0) is 6.61 Å². The lowest BCUT2D eigenvalue weighted by Crippen LogP contribution is -2.35. The molecule has 0 fully saturated rings. The number of aryl methyl sites for hydroxylation is 1. The molecule has 0 saturated carbocycles. The Balaban J connectivity index is 1.55. The standard InChI is InChI=1S/C18H18ClN7O3/c1-11-4-3-5-13(26-18(27)21-23-24-26)12(11)10-29-16-8-9-25(22-16)14-6-7-15(19)20-17(14)28-2/h3-9,18,27H,10H2,1-2H3,(H,21,24). The maximum absolute atomic E-state index is 9.98. The van der Waals surface area contributed by atoms with Crippen molar-refractivity contribution < 1.29 is 14.6 Å². The molecular formula is C18H18ClN7O3. The van der Waals surface area contributed by atoms with Crippen LogP contribution in [0.4, 0.5) is 5.69 Å². The van der Waals surface area contributed by atoms with E-state index in [1.165, 1.54) is 12.1 Å². The quantitative estimate of drug-likeness (QED) is 0.595. The fourth-order valence-electron chi connectivity index (χ4n) is 2.90. The zero-order valence-electron chi connectivity index (χ0n) is 15.7. The number of aromatic nitrogens is 3. The van der Waals surface area contributed by atoms with E-state index in [4.69, 9.17) is 21.1 Å². The number of benzene rings is 1. The lowest BCUT2D eigenvalue weighted by atomic mass is 10.1. The van der Waals surface area contributed by atoms with Crippen LogP contribution in [0.2, 0.25) is 5.15 Å². The van der Waals surface area contributed by atoms with E-state index in [9.17, 15) is 5.11 Å². The molecule has 2 aromatic heterocycles. The van der Waals surface area contributed by atoms with Gasteiger partial charge in [0.1, 0.15) is 17.4 Å². The molecule has 1 atom stereocenters. The van der Waals surface area contributed by atoms with Crippen molar-refractivity contribution in [3.63, 3.8) is 0 Å². The van der Waals surface area contributed by atoms with Gasteiger partial charge in [-0.25, -0.2) is 10.1 Å². The number of pyridine rings is 1. The molecule has 11 heteroatoms. The van der Waals surface area contributed by atoms with Crippen molar-refractivity contribution in [3.8, 4) is 17.4 Å². The molecule has 0 radical (unpaired) electrons. The minimum Gasteiger partial charge on any atom is -0.479 e. The van der Waals surface area contributed by atoms with E-state index >= 15 is 0 Å². The van der Waals surface area contributed by atoms with Gasteiger partial charge in [0.05, 0.1) is 12.8 Å². The van der Waals surface area contributed by atoms with Crippen molar-refractivity contribution in [3.05, 3.63) is 58.9 Å². The van der Waals surface area contributed by atoms with Crippen LogP contribution in [-0.4, -0.2) is 33.3 Å². The number of hydrogen-bond donors (Lipinski definition) is 2. The maximum Gasteiger partial charge on any atom is 0.243 e. The van der Waals surface area contributed by atoms with Crippen LogP contribution in [0.3, 0.4) is 0 Å². The average Bonchev–Trinajstić information content (AvgIpc) is 3.35. The van der Waals surface area contributed by atoms with Gasteiger partial charge in [-0.3, -0.25) is 0 Å². The summed E-state index contributed by atoms with van der Waals surface area (Å²) in [6.07, 6.45) is 0.712. The molecule has 10 nitrogen and oxygen atoms in total. The number of hydrogen-bond acceptors (Lipinski definition) is 9. The van der Waals surface area contributed by atoms with Crippen molar-refractivity contribution in [2.75, 3.05) is 12.1 Å². The Morgan fingerprint density at radius 3 is 2.83 bits per heavy atom. The Hall–Kier alpha value is -3.37. The van der Waals surface area contributed by atoms with Crippen LogP contribution in [0.1, 0.15) is 11.1 Å². The summed E-state index contributed by atoms with van der Waals surface area (Å²) in [6, 6.07) is 10.8. The lowest BCUT2D eigenvalue weighted by molar-refractivity contribution is 0.154. The summed E-state index contributed by atoms with van der Waals surface area (Å²) in [6.45, 7) is 2.19. The molecule has 2 N–H and O–H groups in total. The van der Waals surface area contributed by atoms with Gasteiger partial charge in [0, 0.05) is 17.8 Å². The molecule has 150 valence electrons. The zero-order valence-corrected chi connectivity index (χ0v) is 16.4. The van der Waals surface area contributed by atoms with Crippen LogP contribution in [0, 0.1) is 6.92 Å². The van der Waals surface area contributed by atoms with Gasteiger partial charge in [0.15, 0.2) is 0 Å². The lowest BCUT2D eigenvalue weighted by Gasteiger charge is -2.21. The molecule has 1 aliphatic heterocycles. The van der Waals surface area contributed by atoms with E-state index < -0.39 is 6.35 Å². The fraction of sp³-hybridized carbons (Fsp3) is 0.222. The number of aliphatic hydroxyl groups is 1. The Bertz CT molecular complexity index is 1060. The van der Waals surface area contributed by atoms with Gasteiger partial charge in [-0.1, -0.05) is 29.0 Å². The third kappa shape index (κ3) is 3.80. The van der Waals surface area contributed by atoms with Crippen LogP contribution in [0.15, 0.2) is 53.0 Å². The van der Waals surface area contributed by atoms with Crippen molar-refractivity contribution in [1.82, 2.24) is 20.2 Å². The highest BCUT2D eigenvalue weighted by atomic mass is 35.5. The van der Waals surface area contributed by atoms with Crippen molar-refractivity contribution >= 4 is 17.3 Å². The summed E-state index contributed by atoms with van der Waals surface area (Å²) in [5.74, 6) is 0.771. The van der Waals surface area contributed by atoms with Crippen LogP contribution < -0.4 is 19.9 Å². The van der Waals surface area contributed by atoms with Crippen LogP contribution in [0.5, 0.6) is 11.8 Å². The predicted molar refractivity (Wildman–Crippen MR) is 105 cm³/mol. The van der Waals surface area contributed by atoms with E-state index in [2.05, 4.69) is 26.0 Å². The molecule has 0 bridgehead atoms. The summed E-state index contributed by atoms with van der Waals surface area (Å²) in [4.78, 5) is 4.13. The third-order valence-electron chi connectivity index (χ3n) is 4.35. The molecule has 1 aliphatic rings. The highest BCUT2D eigenvalue weighted by Crippen LogP contribution is 2.28. The van der Waals surface area contributed by atoms with Gasteiger partial charge < -0.3 is 14.6 Å². The Kier molecular flexibility index (Phi) is 5.19. The summed E-state index contributed by atoms with van der Waals surface area (Å²) < 4.78 is 12.7. The molecule has 0 spiro atoms.